The van der Waals surface area contributed by atoms with Crippen LogP contribution in [0.4, 0.5) is 17.1 Å². The van der Waals surface area contributed by atoms with Crippen LogP contribution in [0.15, 0.2) is 42.5 Å². The first-order chi connectivity index (χ1) is 15.4. The number of amides is 1. The molecule has 0 aromatic heterocycles. The fraction of sp³-hybridized carbons (Fsp3) is 0.417. The lowest BCUT2D eigenvalue weighted by Crippen LogP contribution is -2.61. The van der Waals surface area contributed by atoms with Crippen LogP contribution in [0.1, 0.15) is 31.4 Å². The number of para-hydroxylation sites is 1. The van der Waals surface area contributed by atoms with Crippen LogP contribution in [0.25, 0.3) is 0 Å². The largest absolute Gasteiger partial charge is 0.367 e. The van der Waals surface area contributed by atoms with Gasteiger partial charge in [-0.1, -0.05) is 19.1 Å². The normalized spacial score (nSPS) is 20.5. The van der Waals surface area contributed by atoms with E-state index in [4.69, 9.17) is 0 Å². The van der Waals surface area contributed by atoms with E-state index in [1.807, 2.05) is 44.2 Å². The number of piperazine rings is 1. The number of benzene rings is 2. The number of hydrogen-bond donors (Lipinski definition) is 1. The third kappa shape index (κ3) is 3.98. The van der Waals surface area contributed by atoms with E-state index >= 15 is 0 Å². The van der Waals surface area contributed by atoms with Gasteiger partial charge in [-0.25, -0.2) is 0 Å². The van der Waals surface area contributed by atoms with Crippen LogP contribution < -0.4 is 15.1 Å². The Bertz CT molecular complexity index is 1080. The van der Waals surface area contributed by atoms with Crippen molar-refractivity contribution in [1.82, 2.24) is 5.32 Å². The van der Waals surface area contributed by atoms with Crippen LogP contribution in [0.5, 0.6) is 0 Å². The molecule has 2 heterocycles. The van der Waals surface area contributed by atoms with Crippen molar-refractivity contribution in [3.63, 3.8) is 0 Å². The second kappa shape index (κ2) is 8.87. The van der Waals surface area contributed by atoms with Crippen LogP contribution >= 0.6 is 0 Å². The quantitative estimate of drug-likeness (QED) is 0.574. The summed E-state index contributed by atoms with van der Waals surface area (Å²) in [7, 11) is 0. The minimum atomic E-state index is -0.392. The summed E-state index contributed by atoms with van der Waals surface area (Å²) in [6, 6.07) is 14.7. The summed E-state index contributed by atoms with van der Waals surface area (Å²) in [5.74, 6) is -0.363. The van der Waals surface area contributed by atoms with Crippen molar-refractivity contribution in [2.75, 3.05) is 29.4 Å². The van der Waals surface area contributed by atoms with Gasteiger partial charge in [0.1, 0.15) is 6.07 Å². The van der Waals surface area contributed by atoms with E-state index in [9.17, 15) is 20.2 Å². The molecule has 2 aliphatic rings. The van der Waals surface area contributed by atoms with Gasteiger partial charge in [-0.05, 0) is 43.5 Å². The van der Waals surface area contributed by atoms with Crippen LogP contribution in [-0.2, 0) is 11.2 Å². The van der Waals surface area contributed by atoms with Crippen molar-refractivity contribution < 1.29 is 9.72 Å². The number of rotatable bonds is 5. The van der Waals surface area contributed by atoms with Crippen molar-refractivity contribution in [3.8, 4) is 6.07 Å². The number of fused-ring (bicyclic) bond motifs is 3. The maximum absolute atomic E-state index is 13.3. The van der Waals surface area contributed by atoms with E-state index in [1.54, 1.807) is 6.07 Å². The molecule has 1 fully saturated rings. The van der Waals surface area contributed by atoms with Gasteiger partial charge in [-0.3, -0.25) is 14.9 Å². The van der Waals surface area contributed by atoms with E-state index in [0.717, 1.165) is 23.4 Å². The smallest absolute Gasteiger partial charge is 0.269 e. The summed E-state index contributed by atoms with van der Waals surface area (Å²) in [4.78, 5) is 28.6. The molecular weight excluding hydrogens is 406 g/mol. The zero-order valence-electron chi connectivity index (χ0n) is 18.3. The van der Waals surface area contributed by atoms with Crippen molar-refractivity contribution in [2.45, 2.75) is 38.8 Å². The Morgan fingerprint density at radius 2 is 2.06 bits per heavy atom. The molecule has 2 aliphatic heterocycles. The van der Waals surface area contributed by atoms with Crippen molar-refractivity contribution in [3.05, 3.63) is 63.7 Å². The highest BCUT2D eigenvalue weighted by Crippen LogP contribution is 2.39. The maximum Gasteiger partial charge on any atom is 0.269 e. The number of nitriles is 1. The Labute approximate surface area is 187 Å². The zero-order chi connectivity index (χ0) is 22.8. The summed E-state index contributed by atoms with van der Waals surface area (Å²) in [6.07, 6.45) is 1.28. The molecule has 1 amide bonds. The number of nitro groups is 1. The van der Waals surface area contributed by atoms with Gasteiger partial charge in [0.25, 0.3) is 5.69 Å². The molecule has 0 aliphatic carbocycles. The monoisotopic (exact) mass is 433 g/mol. The average Bonchev–Trinajstić information content (AvgIpc) is 2.82. The van der Waals surface area contributed by atoms with Crippen LogP contribution in [0.3, 0.4) is 0 Å². The van der Waals surface area contributed by atoms with E-state index in [1.165, 1.54) is 6.07 Å². The molecule has 0 radical (unpaired) electrons. The molecule has 166 valence electrons. The van der Waals surface area contributed by atoms with E-state index < -0.39 is 4.92 Å². The Hall–Kier alpha value is -3.60. The number of anilines is 2. The summed E-state index contributed by atoms with van der Waals surface area (Å²) < 4.78 is 0. The fourth-order valence-electron chi connectivity index (χ4n) is 4.74. The number of nitrogens with zero attached hydrogens (tertiary/aromatic N) is 4. The zero-order valence-corrected chi connectivity index (χ0v) is 18.3. The van der Waals surface area contributed by atoms with E-state index in [2.05, 4.69) is 21.2 Å². The molecule has 0 bridgehead atoms. The van der Waals surface area contributed by atoms with Gasteiger partial charge < -0.3 is 15.1 Å². The number of nitrogens with one attached hydrogen (secondary N) is 1. The first-order valence-electron chi connectivity index (χ1n) is 11.0. The number of nitro benzene ring substituents is 1. The number of carbonyl (C=O) groups excluding carboxylic acids is 1. The summed E-state index contributed by atoms with van der Waals surface area (Å²) in [6.45, 7) is 5.98. The van der Waals surface area contributed by atoms with Gasteiger partial charge in [0.2, 0.25) is 5.91 Å². The minimum absolute atomic E-state index is 0.0260. The molecule has 0 spiro atoms. The van der Waals surface area contributed by atoms with Gasteiger partial charge in [0.05, 0.1) is 28.1 Å². The lowest BCUT2D eigenvalue weighted by molar-refractivity contribution is -0.384. The molecule has 32 heavy (non-hydrogen) atoms. The summed E-state index contributed by atoms with van der Waals surface area (Å²) in [5.41, 5.74) is 3.34. The highest BCUT2D eigenvalue weighted by molar-refractivity contribution is 5.83. The maximum atomic E-state index is 13.3. The number of carbonyl (C=O) groups is 1. The fourth-order valence-corrected chi connectivity index (χ4v) is 4.74. The minimum Gasteiger partial charge on any atom is -0.367 e. The first-order valence-corrected chi connectivity index (χ1v) is 11.0. The van der Waals surface area contributed by atoms with Crippen molar-refractivity contribution in [2.24, 2.45) is 5.92 Å². The molecular formula is C24H27N5O3. The lowest BCUT2D eigenvalue weighted by Gasteiger charge is -2.49. The van der Waals surface area contributed by atoms with E-state index in [0.29, 0.717) is 31.6 Å². The predicted octanol–water partition coefficient (Wildman–Crippen LogP) is 3.25. The van der Waals surface area contributed by atoms with Crippen LogP contribution in [0.2, 0.25) is 0 Å². The second-order valence-corrected chi connectivity index (χ2v) is 8.53. The topological polar surface area (TPSA) is 103 Å². The molecule has 2 aromatic rings. The van der Waals surface area contributed by atoms with Crippen molar-refractivity contribution in [1.29, 1.82) is 5.26 Å². The Balaban J connectivity index is 1.70. The Kier molecular flexibility index (Phi) is 5.99. The molecule has 0 saturated carbocycles. The molecule has 3 atom stereocenters. The van der Waals surface area contributed by atoms with Gasteiger partial charge in [0.15, 0.2) is 0 Å². The van der Waals surface area contributed by atoms with Crippen molar-refractivity contribution >= 4 is 23.0 Å². The second-order valence-electron chi connectivity index (χ2n) is 8.53. The molecule has 8 nitrogen and oxygen atoms in total. The first kappa shape index (κ1) is 21.6. The Morgan fingerprint density at radius 3 is 2.78 bits per heavy atom. The third-order valence-electron chi connectivity index (χ3n) is 6.61. The molecule has 4 rings (SSSR count). The van der Waals surface area contributed by atoms with Gasteiger partial charge in [-0.15, -0.1) is 0 Å². The molecule has 8 heteroatoms. The number of non-ortho nitro benzene ring substituents is 1. The molecule has 2 aromatic carbocycles. The molecule has 1 saturated heterocycles. The Morgan fingerprint density at radius 1 is 1.28 bits per heavy atom. The summed E-state index contributed by atoms with van der Waals surface area (Å²) >= 11 is 0. The highest BCUT2D eigenvalue weighted by Gasteiger charge is 2.42. The van der Waals surface area contributed by atoms with Gasteiger partial charge in [-0.2, -0.15) is 5.26 Å². The third-order valence-corrected chi connectivity index (χ3v) is 6.61. The lowest BCUT2D eigenvalue weighted by atomic mass is 9.82. The SMILES string of the molecule is CCC(C)NC(=O)C1Cc2cc([N+](=O)[O-])ccc2N2CCN(c3ccccc3C#N)CC12. The molecule has 3 unspecified atom stereocenters. The average molecular weight is 434 g/mol. The number of hydrogen-bond acceptors (Lipinski definition) is 6. The van der Waals surface area contributed by atoms with E-state index in [-0.39, 0.29) is 29.6 Å². The molecule has 1 N–H and O–H groups in total. The predicted molar refractivity (Wildman–Crippen MR) is 123 cm³/mol. The summed E-state index contributed by atoms with van der Waals surface area (Å²) in [5, 5.41) is 24.0. The standard InChI is InChI=1S/C24H27N5O3/c1-3-16(2)26-24(30)20-13-18-12-19(29(31)32)8-9-22(18)28-11-10-27(15-23(20)28)21-7-5-4-6-17(21)14-25/h4-9,12,16,20,23H,3,10-11,13,15H2,1-2H3,(H,26,30). The highest BCUT2D eigenvalue weighted by atomic mass is 16.6. The van der Waals surface area contributed by atoms with Crippen LogP contribution in [0, 0.1) is 27.4 Å². The van der Waals surface area contributed by atoms with Gasteiger partial charge in [0, 0.05) is 43.5 Å². The van der Waals surface area contributed by atoms with Crippen LogP contribution in [-0.4, -0.2) is 42.5 Å². The van der Waals surface area contributed by atoms with Gasteiger partial charge >= 0.3 is 0 Å².